The van der Waals surface area contributed by atoms with E-state index in [9.17, 15) is 0 Å². The zero-order chi connectivity index (χ0) is 19.5. The third-order valence-electron chi connectivity index (χ3n) is 4.42. The number of benzene rings is 2. The first-order valence-corrected chi connectivity index (χ1v) is 9.94. The van der Waals surface area contributed by atoms with Crippen molar-refractivity contribution in [2.45, 2.75) is 32.4 Å². The van der Waals surface area contributed by atoms with Gasteiger partial charge in [-0.3, -0.25) is 0 Å². The van der Waals surface area contributed by atoms with Crippen molar-refractivity contribution in [3.05, 3.63) is 64.7 Å². The summed E-state index contributed by atoms with van der Waals surface area (Å²) >= 11 is 6.09. The average Bonchev–Trinajstić information content (AvgIpc) is 2.67. The van der Waals surface area contributed by atoms with Gasteiger partial charge >= 0.3 is 0 Å². The number of hydrogen-bond acceptors (Lipinski definition) is 4. The summed E-state index contributed by atoms with van der Waals surface area (Å²) < 4.78 is 11.3. The quantitative estimate of drug-likeness (QED) is 0.532. The Morgan fingerprint density at radius 2 is 1.89 bits per heavy atom. The van der Waals surface area contributed by atoms with Crippen molar-refractivity contribution in [2.75, 3.05) is 33.4 Å². The summed E-state index contributed by atoms with van der Waals surface area (Å²) in [4.78, 5) is 0. The van der Waals surface area contributed by atoms with E-state index in [1.54, 1.807) is 7.11 Å². The summed E-state index contributed by atoms with van der Waals surface area (Å²) in [6, 6.07) is 16.5. The van der Waals surface area contributed by atoms with E-state index >= 15 is 0 Å². The van der Waals surface area contributed by atoms with Crippen LogP contribution in [0.1, 0.15) is 31.1 Å². The van der Waals surface area contributed by atoms with Gasteiger partial charge < -0.3 is 20.1 Å². The number of hydrogen-bond donors (Lipinski definition) is 2. The molecule has 0 amide bonds. The van der Waals surface area contributed by atoms with Crippen molar-refractivity contribution in [3.8, 4) is 5.75 Å². The van der Waals surface area contributed by atoms with Crippen molar-refractivity contribution in [1.29, 1.82) is 0 Å². The van der Waals surface area contributed by atoms with E-state index in [1.165, 1.54) is 5.56 Å². The minimum atomic E-state index is -0.0151. The minimum absolute atomic E-state index is 0.0151. The maximum Gasteiger partial charge on any atom is 0.119 e. The molecular weight excluding hydrogens is 360 g/mol. The van der Waals surface area contributed by atoms with Gasteiger partial charge in [-0.2, -0.15) is 0 Å². The topological polar surface area (TPSA) is 42.5 Å². The van der Waals surface area contributed by atoms with E-state index < -0.39 is 0 Å². The lowest BCUT2D eigenvalue weighted by Crippen LogP contribution is -2.32. The maximum atomic E-state index is 6.09. The van der Waals surface area contributed by atoms with Gasteiger partial charge in [0, 0.05) is 31.3 Å². The van der Waals surface area contributed by atoms with Crippen LogP contribution in [0.15, 0.2) is 48.5 Å². The lowest BCUT2D eigenvalue weighted by Gasteiger charge is -2.20. The van der Waals surface area contributed by atoms with Gasteiger partial charge in [-0.25, -0.2) is 0 Å². The summed E-state index contributed by atoms with van der Waals surface area (Å²) in [5.74, 6) is 0.915. The molecule has 0 aromatic heterocycles. The molecule has 4 nitrogen and oxygen atoms in total. The molecule has 0 fully saturated rings. The highest BCUT2D eigenvalue weighted by molar-refractivity contribution is 6.30. The second kappa shape index (κ2) is 12.0. The van der Waals surface area contributed by atoms with Crippen molar-refractivity contribution >= 4 is 11.6 Å². The van der Waals surface area contributed by atoms with Gasteiger partial charge in [-0.1, -0.05) is 42.8 Å². The minimum Gasteiger partial charge on any atom is -0.492 e. The Balaban J connectivity index is 1.78. The first kappa shape index (κ1) is 21.7. The van der Waals surface area contributed by atoms with E-state index in [4.69, 9.17) is 21.1 Å². The van der Waals surface area contributed by atoms with Crippen molar-refractivity contribution in [1.82, 2.24) is 10.6 Å². The third-order valence-corrected chi connectivity index (χ3v) is 4.65. The maximum absolute atomic E-state index is 6.09. The Kier molecular flexibility index (Phi) is 9.64. The van der Waals surface area contributed by atoms with Gasteiger partial charge in [0.05, 0.1) is 6.10 Å². The van der Waals surface area contributed by atoms with Crippen LogP contribution in [-0.2, 0) is 11.2 Å². The van der Waals surface area contributed by atoms with Crippen molar-refractivity contribution < 1.29 is 9.47 Å². The van der Waals surface area contributed by atoms with E-state index in [0.717, 1.165) is 42.4 Å². The number of methoxy groups -OCH3 is 1. The van der Waals surface area contributed by atoms with Crippen LogP contribution < -0.4 is 15.4 Å². The molecule has 2 N–H and O–H groups in total. The summed E-state index contributed by atoms with van der Waals surface area (Å²) in [5, 5.41) is 7.54. The molecule has 0 aliphatic rings. The molecule has 0 saturated heterocycles. The number of likely N-dealkylation sites (N-methyl/N-ethyl adjacent to an activating group) is 1. The van der Waals surface area contributed by atoms with E-state index in [2.05, 4.69) is 36.6 Å². The number of halogens is 1. The van der Waals surface area contributed by atoms with Gasteiger partial charge in [0.2, 0.25) is 0 Å². The van der Waals surface area contributed by atoms with Gasteiger partial charge in [0.15, 0.2) is 0 Å². The molecule has 0 bridgehead atoms. The van der Waals surface area contributed by atoms with E-state index in [-0.39, 0.29) is 6.10 Å². The van der Waals surface area contributed by atoms with E-state index in [0.29, 0.717) is 12.6 Å². The van der Waals surface area contributed by atoms with Crippen molar-refractivity contribution in [2.24, 2.45) is 0 Å². The molecule has 0 saturated carbocycles. The normalized spacial score (nSPS) is 13.3. The molecule has 27 heavy (non-hydrogen) atoms. The molecule has 0 heterocycles. The summed E-state index contributed by atoms with van der Waals surface area (Å²) in [6.45, 7) is 7.54. The Morgan fingerprint density at radius 1 is 1.11 bits per heavy atom. The largest absolute Gasteiger partial charge is 0.492 e. The molecule has 2 rings (SSSR count). The lowest BCUT2D eigenvalue weighted by atomic mass is 10.1. The van der Waals surface area contributed by atoms with Gasteiger partial charge in [0.1, 0.15) is 12.4 Å². The first-order chi connectivity index (χ1) is 13.1. The van der Waals surface area contributed by atoms with Gasteiger partial charge in [-0.05, 0) is 55.3 Å². The van der Waals surface area contributed by atoms with Crippen LogP contribution in [-0.4, -0.2) is 39.4 Å². The highest BCUT2D eigenvalue weighted by atomic mass is 35.5. The van der Waals surface area contributed by atoms with Crippen LogP contribution in [0.4, 0.5) is 0 Å². The van der Waals surface area contributed by atoms with E-state index in [1.807, 2.05) is 36.4 Å². The SMILES string of the molecule is CCNCCOc1ccc(CC(C)NCC(OC)c2cccc(Cl)c2)cc1. The molecule has 5 heteroatoms. The fourth-order valence-corrected chi connectivity index (χ4v) is 3.12. The van der Waals surface area contributed by atoms with Crippen molar-refractivity contribution in [3.63, 3.8) is 0 Å². The van der Waals surface area contributed by atoms with Crippen LogP contribution in [0.25, 0.3) is 0 Å². The highest BCUT2D eigenvalue weighted by Crippen LogP contribution is 2.20. The molecule has 2 atom stereocenters. The molecule has 0 aliphatic heterocycles. The van der Waals surface area contributed by atoms with Gasteiger partial charge in [0.25, 0.3) is 0 Å². The first-order valence-electron chi connectivity index (χ1n) is 9.56. The number of rotatable bonds is 12. The van der Waals surface area contributed by atoms with Crippen LogP contribution >= 0.6 is 11.6 Å². The molecule has 148 valence electrons. The average molecular weight is 391 g/mol. The lowest BCUT2D eigenvalue weighted by molar-refractivity contribution is 0.0999. The Labute approximate surface area is 168 Å². The standard InChI is InChI=1S/C22H31ClN2O2/c1-4-24-12-13-27-21-10-8-18(9-11-21)14-17(2)25-16-22(26-3)19-6-5-7-20(23)15-19/h5-11,15,17,22,24-25H,4,12-14,16H2,1-3H3. The second-order valence-corrected chi connectivity index (χ2v) is 7.08. The molecule has 0 spiro atoms. The Hall–Kier alpha value is -1.59. The number of nitrogens with one attached hydrogen (secondary N) is 2. The van der Waals surface area contributed by atoms with Gasteiger partial charge in [-0.15, -0.1) is 0 Å². The highest BCUT2D eigenvalue weighted by Gasteiger charge is 2.12. The summed E-state index contributed by atoms with van der Waals surface area (Å²) in [6.07, 6.45) is 0.933. The number of ether oxygens (including phenoxy) is 2. The molecular formula is C22H31ClN2O2. The monoisotopic (exact) mass is 390 g/mol. The zero-order valence-electron chi connectivity index (χ0n) is 16.5. The van der Waals surface area contributed by atoms with Crippen LogP contribution in [0.3, 0.4) is 0 Å². The molecule has 2 unspecified atom stereocenters. The van der Waals surface area contributed by atoms with Crippen LogP contribution in [0.5, 0.6) is 5.75 Å². The molecule has 0 radical (unpaired) electrons. The molecule has 0 aliphatic carbocycles. The second-order valence-electron chi connectivity index (χ2n) is 6.64. The predicted octanol–water partition coefficient (Wildman–Crippen LogP) is 4.24. The van der Waals surface area contributed by atoms with Crippen LogP contribution in [0, 0.1) is 0 Å². The fraction of sp³-hybridized carbons (Fsp3) is 0.455. The fourth-order valence-electron chi connectivity index (χ4n) is 2.92. The molecule has 2 aromatic rings. The van der Waals surface area contributed by atoms with Crippen LogP contribution in [0.2, 0.25) is 5.02 Å². The summed E-state index contributed by atoms with van der Waals surface area (Å²) in [7, 11) is 1.73. The summed E-state index contributed by atoms with van der Waals surface area (Å²) in [5.41, 5.74) is 2.37. The molecule has 2 aromatic carbocycles. The Morgan fingerprint density at radius 3 is 2.56 bits per heavy atom. The smallest absolute Gasteiger partial charge is 0.119 e. The Bertz CT molecular complexity index is 664. The predicted molar refractivity (Wildman–Crippen MR) is 113 cm³/mol. The zero-order valence-corrected chi connectivity index (χ0v) is 17.3. The third kappa shape index (κ3) is 7.89.